The average molecular weight is 203 g/mol. The first kappa shape index (κ1) is 10.1. The van der Waals surface area contributed by atoms with E-state index in [9.17, 15) is 0 Å². The van der Waals surface area contributed by atoms with Crippen LogP contribution >= 0.6 is 0 Å². The first-order valence-electron chi connectivity index (χ1n) is 5.58. The van der Waals surface area contributed by atoms with E-state index < -0.39 is 0 Å². The van der Waals surface area contributed by atoms with E-state index in [4.69, 9.17) is 4.74 Å². The number of fused-ring (bicyclic) bond motifs is 1. The predicted molar refractivity (Wildman–Crippen MR) is 63.5 cm³/mol. The molecule has 2 nitrogen and oxygen atoms in total. The molecule has 2 rings (SSSR count). The van der Waals surface area contributed by atoms with E-state index >= 15 is 0 Å². The first-order chi connectivity index (χ1) is 7.35. The molecule has 0 spiro atoms. The van der Waals surface area contributed by atoms with E-state index in [0.29, 0.717) is 0 Å². The van der Waals surface area contributed by atoms with Gasteiger partial charge in [-0.1, -0.05) is 13.8 Å². The Bertz CT molecular complexity index is 445. The summed E-state index contributed by atoms with van der Waals surface area (Å²) in [5.74, 6) is 0.971. The van der Waals surface area contributed by atoms with Crippen molar-refractivity contribution in [3.63, 3.8) is 0 Å². The van der Waals surface area contributed by atoms with Crippen LogP contribution in [0.5, 0.6) is 5.75 Å². The Labute approximate surface area is 90.3 Å². The Morgan fingerprint density at radius 3 is 2.87 bits per heavy atom. The lowest BCUT2D eigenvalue weighted by atomic mass is 10.1. The molecule has 80 valence electrons. The third-order valence-electron chi connectivity index (χ3n) is 2.59. The van der Waals surface area contributed by atoms with Gasteiger partial charge in [0, 0.05) is 17.1 Å². The highest BCUT2D eigenvalue weighted by Gasteiger charge is 2.03. The van der Waals surface area contributed by atoms with Crippen molar-refractivity contribution in [2.45, 2.75) is 26.7 Å². The molecule has 1 aromatic heterocycles. The molecule has 2 aromatic rings. The van der Waals surface area contributed by atoms with E-state index in [1.54, 1.807) is 0 Å². The van der Waals surface area contributed by atoms with Gasteiger partial charge in [0.1, 0.15) is 5.75 Å². The number of benzene rings is 1. The zero-order chi connectivity index (χ0) is 10.7. The van der Waals surface area contributed by atoms with Gasteiger partial charge < -0.3 is 9.72 Å². The van der Waals surface area contributed by atoms with Crippen LogP contribution in [-0.4, -0.2) is 11.6 Å². The second-order valence-electron chi connectivity index (χ2n) is 3.72. The van der Waals surface area contributed by atoms with Crippen LogP contribution in [0.25, 0.3) is 10.9 Å². The van der Waals surface area contributed by atoms with Crippen LogP contribution in [-0.2, 0) is 6.42 Å². The summed E-state index contributed by atoms with van der Waals surface area (Å²) in [5.41, 5.74) is 2.54. The van der Waals surface area contributed by atoms with Crippen LogP contribution < -0.4 is 4.74 Å². The minimum atomic E-state index is 0.789. The predicted octanol–water partition coefficient (Wildman–Crippen LogP) is 3.52. The fourth-order valence-electron chi connectivity index (χ4n) is 1.76. The zero-order valence-corrected chi connectivity index (χ0v) is 9.34. The Morgan fingerprint density at radius 2 is 2.13 bits per heavy atom. The van der Waals surface area contributed by atoms with Crippen LogP contribution in [0, 0.1) is 0 Å². The molecule has 0 atom stereocenters. The summed E-state index contributed by atoms with van der Waals surface area (Å²) in [6, 6.07) is 6.23. The number of hydrogen-bond acceptors (Lipinski definition) is 1. The van der Waals surface area contributed by atoms with E-state index in [1.807, 2.05) is 6.07 Å². The summed E-state index contributed by atoms with van der Waals surface area (Å²) >= 11 is 0. The monoisotopic (exact) mass is 203 g/mol. The molecule has 15 heavy (non-hydrogen) atoms. The van der Waals surface area contributed by atoms with Crippen molar-refractivity contribution in [1.82, 2.24) is 4.98 Å². The van der Waals surface area contributed by atoms with Gasteiger partial charge in [0.25, 0.3) is 0 Å². The summed E-state index contributed by atoms with van der Waals surface area (Å²) in [7, 11) is 0. The molecule has 0 saturated carbocycles. The Hall–Kier alpha value is -1.44. The molecule has 0 unspecified atom stereocenters. The second kappa shape index (κ2) is 4.39. The van der Waals surface area contributed by atoms with Crippen molar-refractivity contribution in [2.24, 2.45) is 0 Å². The molecule has 1 aromatic carbocycles. The van der Waals surface area contributed by atoms with Gasteiger partial charge in [-0.05, 0) is 36.6 Å². The number of rotatable bonds is 4. The lowest BCUT2D eigenvalue weighted by Crippen LogP contribution is -1.94. The third-order valence-corrected chi connectivity index (χ3v) is 2.59. The standard InChI is InChI=1S/C13H17NO/c1-3-7-15-11-5-6-13-12(8-11)10(4-2)9-14-13/h5-6,8-9,14H,3-4,7H2,1-2H3. The number of aromatic nitrogens is 1. The Morgan fingerprint density at radius 1 is 1.27 bits per heavy atom. The molecule has 0 saturated heterocycles. The van der Waals surface area contributed by atoms with Crippen LogP contribution in [0.15, 0.2) is 24.4 Å². The van der Waals surface area contributed by atoms with Crippen molar-refractivity contribution in [3.8, 4) is 5.75 Å². The van der Waals surface area contributed by atoms with Gasteiger partial charge in [-0.2, -0.15) is 0 Å². The van der Waals surface area contributed by atoms with E-state index in [2.05, 4.69) is 37.2 Å². The number of H-pyrrole nitrogens is 1. The third kappa shape index (κ3) is 1.99. The molecule has 2 heteroatoms. The fourth-order valence-corrected chi connectivity index (χ4v) is 1.76. The van der Waals surface area contributed by atoms with E-state index in [-0.39, 0.29) is 0 Å². The maximum Gasteiger partial charge on any atom is 0.120 e. The number of ether oxygens (including phenoxy) is 1. The van der Waals surface area contributed by atoms with Crippen molar-refractivity contribution in [1.29, 1.82) is 0 Å². The smallest absolute Gasteiger partial charge is 0.120 e. The second-order valence-corrected chi connectivity index (χ2v) is 3.72. The van der Waals surface area contributed by atoms with E-state index in [1.165, 1.54) is 16.5 Å². The molecule has 0 bridgehead atoms. The Balaban J connectivity index is 2.35. The summed E-state index contributed by atoms with van der Waals surface area (Å²) in [4.78, 5) is 3.27. The minimum absolute atomic E-state index is 0.789. The molecular formula is C13H17NO. The van der Waals surface area contributed by atoms with E-state index in [0.717, 1.165) is 25.2 Å². The lowest BCUT2D eigenvalue weighted by Gasteiger charge is -2.04. The van der Waals surface area contributed by atoms with Gasteiger partial charge in [0.15, 0.2) is 0 Å². The van der Waals surface area contributed by atoms with Gasteiger partial charge in [0.05, 0.1) is 6.61 Å². The summed E-state index contributed by atoms with van der Waals surface area (Å²) in [6.45, 7) is 5.08. The first-order valence-corrected chi connectivity index (χ1v) is 5.58. The normalized spacial score (nSPS) is 10.8. The quantitative estimate of drug-likeness (QED) is 0.808. The van der Waals surface area contributed by atoms with Crippen LogP contribution in [0.4, 0.5) is 0 Å². The SMILES string of the molecule is CCCOc1ccc2[nH]cc(CC)c2c1. The molecule has 1 heterocycles. The van der Waals surface area contributed by atoms with Gasteiger partial charge >= 0.3 is 0 Å². The molecule has 0 radical (unpaired) electrons. The molecule has 0 aliphatic carbocycles. The average Bonchev–Trinajstić information content (AvgIpc) is 2.68. The van der Waals surface area contributed by atoms with Gasteiger partial charge in [-0.25, -0.2) is 0 Å². The van der Waals surface area contributed by atoms with Gasteiger partial charge in [0.2, 0.25) is 0 Å². The number of nitrogens with one attached hydrogen (secondary N) is 1. The number of aryl methyl sites for hydroxylation is 1. The summed E-state index contributed by atoms with van der Waals surface area (Å²) in [5, 5.41) is 1.28. The minimum Gasteiger partial charge on any atom is -0.494 e. The van der Waals surface area contributed by atoms with Gasteiger partial charge in [-0.3, -0.25) is 0 Å². The molecule has 0 amide bonds. The lowest BCUT2D eigenvalue weighted by molar-refractivity contribution is 0.318. The fraction of sp³-hybridized carbons (Fsp3) is 0.385. The summed E-state index contributed by atoms with van der Waals surface area (Å²) in [6.07, 6.45) is 4.18. The van der Waals surface area contributed by atoms with Gasteiger partial charge in [-0.15, -0.1) is 0 Å². The van der Waals surface area contributed by atoms with Crippen LogP contribution in [0.3, 0.4) is 0 Å². The van der Waals surface area contributed by atoms with Crippen molar-refractivity contribution >= 4 is 10.9 Å². The topological polar surface area (TPSA) is 25.0 Å². The number of hydrogen-bond donors (Lipinski definition) is 1. The van der Waals surface area contributed by atoms with Crippen molar-refractivity contribution in [3.05, 3.63) is 30.0 Å². The maximum atomic E-state index is 5.62. The zero-order valence-electron chi connectivity index (χ0n) is 9.34. The molecule has 0 aliphatic rings. The van der Waals surface area contributed by atoms with Crippen molar-refractivity contribution < 1.29 is 4.74 Å². The largest absolute Gasteiger partial charge is 0.494 e. The van der Waals surface area contributed by atoms with Crippen LogP contribution in [0.2, 0.25) is 0 Å². The molecular weight excluding hydrogens is 186 g/mol. The Kier molecular flexibility index (Phi) is 2.95. The highest BCUT2D eigenvalue weighted by atomic mass is 16.5. The molecule has 0 fully saturated rings. The van der Waals surface area contributed by atoms with Crippen molar-refractivity contribution in [2.75, 3.05) is 6.61 Å². The molecule has 1 N–H and O–H groups in total. The maximum absolute atomic E-state index is 5.62. The van der Waals surface area contributed by atoms with Crippen LogP contribution in [0.1, 0.15) is 25.8 Å². The summed E-state index contributed by atoms with van der Waals surface area (Å²) < 4.78 is 5.62. The highest BCUT2D eigenvalue weighted by molar-refractivity contribution is 5.84. The number of aromatic amines is 1. The highest BCUT2D eigenvalue weighted by Crippen LogP contribution is 2.24. The molecule has 0 aliphatic heterocycles.